The van der Waals surface area contributed by atoms with E-state index in [2.05, 4.69) is 5.92 Å². The van der Waals surface area contributed by atoms with E-state index in [-0.39, 0.29) is 0 Å². The monoisotopic (exact) mass is 109 g/mol. The molecule has 0 radical (unpaired) electrons. The maximum atomic E-state index is 8.60. The summed E-state index contributed by atoms with van der Waals surface area (Å²) in [7, 11) is 0. The predicted molar refractivity (Wildman–Crippen MR) is 29.7 cm³/mol. The first-order chi connectivity index (χ1) is 3.81. The molecule has 1 atom stereocenters. The molecule has 0 aromatic rings. The second-order valence-corrected chi connectivity index (χ2v) is 1.38. The van der Waals surface area contributed by atoms with E-state index in [1.807, 2.05) is 6.07 Å². The Bertz CT molecular complexity index is 128. The maximum absolute atomic E-state index is 8.60. The standard InChI is InChI=1S/C6H7NO/c1-2-6(8)4-3-5-7/h1,6,8H,3-4H2. The lowest BCUT2D eigenvalue weighted by Crippen LogP contribution is -2.00. The van der Waals surface area contributed by atoms with E-state index in [9.17, 15) is 0 Å². The van der Waals surface area contributed by atoms with Crippen molar-refractivity contribution in [3.8, 4) is 18.4 Å². The highest BCUT2D eigenvalue weighted by atomic mass is 16.3. The third kappa shape index (κ3) is 3.21. The minimum absolute atomic E-state index is 0.325. The van der Waals surface area contributed by atoms with Gasteiger partial charge in [0.05, 0.1) is 6.07 Å². The highest BCUT2D eigenvalue weighted by Gasteiger charge is 1.94. The summed E-state index contributed by atoms with van der Waals surface area (Å²) in [5.41, 5.74) is 0. The molecule has 2 heteroatoms. The van der Waals surface area contributed by atoms with Gasteiger partial charge in [-0.1, -0.05) is 5.92 Å². The first-order valence-corrected chi connectivity index (χ1v) is 2.32. The molecule has 0 rings (SSSR count). The lowest BCUT2D eigenvalue weighted by Gasteiger charge is -1.94. The molecule has 2 nitrogen and oxygen atoms in total. The second kappa shape index (κ2) is 4.18. The summed E-state index contributed by atoms with van der Waals surface area (Å²) in [4.78, 5) is 0. The largest absolute Gasteiger partial charge is 0.380 e. The van der Waals surface area contributed by atoms with Crippen LogP contribution in [0.1, 0.15) is 12.8 Å². The van der Waals surface area contributed by atoms with Gasteiger partial charge in [-0.15, -0.1) is 6.42 Å². The summed E-state index contributed by atoms with van der Waals surface area (Å²) in [6, 6.07) is 1.88. The highest BCUT2D eigenvalue weighted by Crippen LogP contribution is 1.91. The molecular weight excluding hydrogens is 102 g/mol. The molecule has 0 aliphatic rings. The maximum Gasteiger partial charge on any atom is 0.115 e. The van der Waals surface area contributed by atoms with Crippen molar-refractivity contribution in [2.24, 2.45) is 0 Å². The van der Waals surface area contributed by atoms with E-state index in [1.54, 1.807) is 0 Å². The SMILES string of the molecule is C#CC(O)CCC#N. The molecule has 0 heterocycles. The van der Waals surface area contributed by atoms with Crippen LogP contribution in [0.2, 0.25) is 0 Å². The quantitative estimate of drug-likeness (QED) is 0.518. The normalized spacial score (nSPS) is 11.4. The van der Waals surface area contributed by atoms with Gasteiger partial charge in [0.25, 0.3) is 0 Å². The number of rotatable bonds is 2. The zero-order valence-electron chi connectivity index (χ0n) is 4.46. The van der Waals surface area contributed by atoms with Crippen molar-refractivity contribution in [3.63, 3.8) is 0 Å². The molecule has 0 saturated heterocycles. The molecule has 0 aromatic heterocycles. The van der Waals surface area contributed by atoms with E-state index in [0.717, 1.165) is 0 Å². The summed E-state index contributed by atoms with van der Waals surface area (Å²) in [5, 5.41) is 16.6. The van der Waals surface area contributed by atoms with Crippen LogP contribution in [-0.2, 0) is 0 Å². The molecule has 0 aliphatic carbocycles. The molecule has 0 aliphatic heterocycles. The van der Waals surface area contributed by atoms with E-state index < -0.39 is 6.10 Å². The van der Waals surface area contributed by atoms with Crippen LogP contribution in [0.4, 0.5) is 0 Å². The molecule has 1 unspecified atom stereocenters. The third-order valence-electron chi connectivity index (χ3n) is 0.722. The number of hydrogen-bond donors (Lipinski definition) is 1. The first kappa shape index (κ1) is 7.01. The van der Waals surface area contributed by atoms with E-state index in [0.29, 0.717) is 12.8 Å². The Morgan fingerprint density at radius 1 is 1.75 bits per heavy atom. The molecule has 42 valence electrons. The number of nitrogens with zero attached hydrogens (tertiary/aromatic N) is 1. The number of aliphatic hydroxyl groups is 1. The van der Waals surface area contributed by atoms with Gasteiger partial charge in [0.2, 0.25) is 0 Å². The van der Waals surface area contributed by atoms with Gasteiger partial charge in [-0.3, -0.25) is 0 Å². The molecule has 0 aromatic carbocycles. The molecule has 1 N–H and O–H groups in total. The first-order valence-electron chi connectivity index (χ1n) is 2.32. The van der Waals surface area contributed by atoms with Gasteiger partial charge in [-0.2, -0.15) is 5.26 Å². The summed E-state index contributed by atoms with van der Waals surface area (Å²) in [5.74, 6) is 2.10. The fourth-order valence-corrected chi connectivity index (χ4v) is 0.285. The van der Waals surface area contributed by atoms with Crippen molar-refractivity contribution in [2.45, 2.75) is 18.9 Å². The predicted octanol–water partition coefficient (Wildman–Crippen LogP) is 0.284. The number of terminal acetylenes is 1. The van der Waals surface area contributed by atoms with Crippen LogP contribution < -0.4 is 0 Å². The zero-order valence-corrected chi connectivity index (χ0v) is 4.46. The van der Waals surface area contributed by atoms with Crippen molar-refractivity contribution >= 4 is 0 Å². The van der Waals surface area contributed by atoms with Gasteiger partial charge in [0, 0.05) is 6.42 Å². The van der Waals surface area contributed by atoms with Crippen molar-refractivity contribution in [2.75, 3.05) is 0 Å². The molecule has 0 bridgehead atoms. The van der Waals surface area contributed by atoms with Crippen LogP contribution in [0.5, 0.6) is 0 Å². The smallest absolute Gasteiger partial charge is 0.115 e. The van der Waals surface area contributed by atoms with Crippen LogP contribution in [-0.4, -0.2) is 11.2 Å². The number of hydrogen-bond acceptors (Lipinski definition) is 2. The van der Waals surface area contributed by atoms with Gasteiger partial charge in [0.1, 0.15) is 6.10 Å². The fourth-order valence-electron chi connectivity index (χ4n) is 0.285. The van der Waals surface area contributed by atoms with Gasteiger partial charge in [0.15, 0.2) is 0 Å². The minimum Gasteiger partial charge on any atom is -0.380 e. The molecule has 0 fully saturated rings. The Morgan fingerprint density at radius 3 is 2.75 bits per heavy atom. The van der Waals surface area contributed by atoms with Gasteiger partial charge >= 0.3 is 0 Å². The number of nitriles is 1. The van der Waals surface area contributed by atoms with Crippen molar-refractivity contribution in [1.29, 1.82) is 5.26 Å². The van der Waals surface area contributed by atoms with Crippen molar-refractivity contribution < 1.29 is 5.11 Å². The highest BCUT2D eigenvalue weighted by molar-refractivity contribution is 4.94. The van der Waals surface area contributed by atoms with Crippen LogP contribution >= 0.6 is 0 Å². The molecular formula is C6H7NO. The summed E-state index contributed by atoms with van der Waals surface area (Å²) in [6.07, 6.45) is 4.77. The van der Waals surface area contributed by atoms with E-state index >= 15 is 0 Å². The van der Waals surface area contributed by atoms with Crippen LogP contribution in [0.25, 0.3) is 0 Å². The molecule has 0 amide bonds. The van der Waals surface area contributed by atoms with Gasteiger partial charge in [-0.05, 0) is 6.42 Å². The molecule has 8 heavy (non-hydrogen) atoms. The van der Waals surface area contributed by atoms with E-state index in [1.165, 1.54) is 0 Å². The van der Waals surface area contributed by atoms with Gasteiger partial charge in [-0.25, -0.2) is 0 Å². The van der Waals surface area contributed by atoms with Crippen LogP contribution in [0.3, 0.4) is 0 Å². The lowest BCUT2D eigenvalue weighted by molar-refractivity contribution is 0.224. The topological polar surface area (TPSA) is 44.0 Å². The van der Waals surface area contributed by atoms with E-state index in [4.69, 9.17) is 16.8 Å². The minimum atomic E-state index is -0.741. The lowest BCUT2D eigenvalue weighted by atomic mass is 10.2. The summed E-state index contributed by atoms with van der Waals surface area (Å²) < 4.78 is 0. The van der Waals surface area contributed by atoms with Crippen LogP contribution in [0, 0.1) is 23.7 Å². The Kier molecular flexibility index (Phi) is 3.66. The summed E-state index contributed by atoms with van der Waals surface area (Å²) >= 11 is 0. The average Bonchev–Trinajstić information content (AvgIpc) is 1.83. The zero-order chi connectivity index (χ0) is 6.41. The Balaban J connectivity index is 3.18. The van der Waals surface area contributed by atoms with Gasteiger partial charge < -0.3 is 5.11 Å². The van der Waals surface area contributed by atoms with Crippen molar-refractivity contribution in [1.82, 2.24) is 0 Å². The third-order valence-corrected chi connectivity index (χ3v) is 0.722. The second-order valence-electron chi connectivity index (χ2n) is 1.38. The molecule has 0 spiro atoms. The Morgan fingerprint density at radius 2 is 2.38 bits per heavy atom. The van der Waals surface area contributed by atoms with Crippen LogP contribution in [0.15, 0.2) is 0 Å². The summed E-state index contributed by atoms with van der Waals surface area (Å²) in [6.45, 7) is 0. The fraction of sp³-hybridized carbons (Fsp3) is 0.500. The Hall–Kier alpha value is -0.990. The number of aliphatic hydroxyl groups excluding tert-OH is 1. The van der Waals surface area contributed by atoms with Crippen molar-refractivity contribution in [3.05, 3.63) is 0 Å². The molecule has 0 saturated carbocycles. The Labute approximate surface area is 48.8 Å². The average molecular weight is 109 g/mol.